The number of methoxy groups -OCH3 is 1. The van der Waals surface area contributed by atoms with E-state index in [0.29, 0.717) is 22.3 Å². The molecule has 116 valence electrons. The molecule has 0 atom stereocenters. The van der Waals surface area contributed by atoms with Crippen molar-refractivity contribution in [1.29, 1.82) is 0 Å². The molecule has 0 radical (unpaired) electrons. The predicted octanol–water partition coefficient (Wildman–Crippen LogP) is 2.50. The average molecular weight is 302 g/mol. The number of carbonyl (C=O) groups excluding carboxylic acids is 1. The third-order valence-corrected chi connectivity index (χ3v) is 4.20. The molecule has 1 fully saturated rings. The van der Waals surface area contributed by atoms with Gasteiger partial charge in [0.1, 0.15) is 18.0 Å². The van der Waals surface area contributed by atoms with Crippen LogP contribution in [0.2, 0.25) is 0 Å². The van der Waals surface area contributed by atoms with Gasteiger partial charge in [-0.25, -0.2) is 0 Å². The Kier molecular flexibility index (Phi) is 3.83. The van der Waals surface area contributed by atoms with Crippen LogP contribution in [0.4, 0.5) is 0 Å². The number of fused-ring (bicyclic) bond motifs is 1. The lowest BCUT2D eigenvalue weighted by atomic mass is 9.98. The molecule has 1 N–H and O–H groups in total. The molecule has 22 heavy (non-hydrogen) atoms. The largest absolute Gasteiger partial charge is 0.497 e. The van der Waals surface area contributed by atoms with E-state index in [1.165, 1.54) is 4.68 Å². The van der Waals surface area contributed by atoms with E-state index in [4.69, 9.17) is 9.84 Å². The van der Waals surface area contributed by atoms with Crippen LogP contribution in [0.25, 0.3) is 10.9 Å². The van der Waals surface area contributed by atoms with Gasteiger partial charge < -0.3 is 9.84 Å². The Balaban J connectivity index is 2.09. The third-order valence-electron chi connectivity index (χ3n) is 4.20. The normalized spacial score (nSPS) is 15.3. The van der Waals surface area contributed by atoms with Gasteiger partial charge in [0, 0.05) is 17.4 Å². The van der Waals surface area contributed by atoms with Crippen LogP contribution < -0.4 is 4.74 Å². The molecule has 1 aromatic carbocycles. The molecule has 1 saturated carbocycles. The van der Waals surface area contributed by atoms with Crippen molar-refractivity contribution >= 4 is 22.7 Å². The number of carbonyl (C=O) groups is 2. The lowest BCUT2D eigenvalue weighted by molar-refractivity contribution is -0.137. The van der Waals surface area contributed by atoms with Crippen molar-refractivity contribution in [2.24, 2.45) is 5.92 Å². The van der Waals surface area contributed by atoms with Crippen LogP contribution >= 0.6 is 0 Å². The SMILES string of the molecule is COc1ccc2c(C(=O)C3CCCC3)nn(CC(=O)O)c2c1. The van der Waals surface area contributed by atoms with Crippen molar-refractivity contribution in [1.82, 2.24) is 9.78 Å². The average Bonchev–Trinajstić information content (AvgIpc) is 3.14. The fourth-order valence-electron chi connectivity index (χ4n) is 3.09. The molecule has 0 bridgehead atoms. The van der Waals surface area contributed by atoms with Gasteiger partial charge in [-0.3, -0.25) is 14.3 Å². The maximum absolute atomic E-state index is 12.7. The number of ketones is 1. The summed E-state index contributed by atoms with van der Waals surface area (Å²) < 4.78 is 6.54. The first-order valence-electron chi connectivity index (χ1n) is 7.40. The van der Waals surface area contributed by atoms with E-state index < -0.39 is 5.97 Å². The zero-order chi connectivity index (χ0) is 15.7. The Bertz CT molecular complexity index is 729. The summed E-state index contributed by atoms with van der Waals surface area (Å²) in [6, 6.07) is 5.26. The summed E-state index contributed by atoms with van der Waals surface area (Å²) in [5, 5.41) is 14.0. The number of ether oxygens (including phenoxy) is 1. The summed E-state index contributed by atoms with van der Waals surface area (Å²) in [7, 11) is 1.55. The highest BCUT2D eigenvalue weighted by atomic mass is 16.5. The van der Waals surface area contributed by atoms with E-state index in [0.717, 1.165) is 25.7 Å². The predicted molar refractivity (Wildman–Crippen MR) is 80.2 cm³/mol. The number of hydrogen-bond acceptors (Lipinski definition) is 4. The molecule has 2 aromatic rings. The van der Waals surface area contributed by atoms with Gasteiger partial charge in [0.25, 0.3) is 0 Å². The molecule has 1 aromatic heterocycles. The standard InChI is InChI=1S/C16H18N2O4/c1-22-11-6-7-12-13(8-11)18(9-14(19)20)17-15(12)16(21)10-4-2-3-5-10/h6-8,10H,2-5,9H2,1H3,(H,19,20). The number of Topliss-reactive ketones (excluding diaryl/α,β-unsaturated/α-hetero) is 1. The second-order valence-electron chi connectivity index (χ2n) is 5.63. The van der Waals surface area contributed by atoms with Gasteiger partial charge in [-0.2, -0.15) is 5.10 Å². The molecule has 0 saturated heterocycles. The number of aliphatic carboxylic acids is 1. The van der Waals surface area contributed by atoms with E-state index in [1.54, 1.807) is 25.3 Å². The zero-order valence-electron chi connectivity index (χ0n) is 12.4. The first-order chi connectivity index (χ1) is 10.6. The fourth-order valence-corrected chi connectivity index (χ4v) is 3.09. The quantitative estimate of drug-likeness (QED) is 0.858. The van der Waals surface area contributed by atoms with Crippen molar-refractivity contribution in [3.8, 4) is 5.75 Å². The molecule has 0 unspecified atom stereocenters. The second-order valence-corrected chi connectivity index (χ2v) is 5.63. The number of rotatable bonds is 5. The van der Waals surface area contributed by atoms with Crippen LogP contribution in [0.1, 0.15) is 36.2 Å². The molecule has 0 aliphatic heterocycles. The Morgan fingerprint density at radius 2 is 2.09 bits per heavy atom. The van der Waals surface area contributed by atoms with Gasteiger partial charge in [-0.1, -0.05) is 12.8 Å². The smallest absolute Gasteiger partial charge is 0.325 e. The first-order valence-corrected chi connectivity index (χ1v) is 7.40. The van der Waals surface area contributed by atoms with Crippen molar-refractivity contribution in [3.05, 3.63) is 23.9 Å². The summed E-state index contributed by atoms with van der Waals surface area (Å²) in [4.78, 5) is 23.7. The van der Waals surface area contributed by atoms with Gasteiger partial charge in [0.15, 0.2) is 5.78 Å². The van der Waals surface area contributed by atoms with Crippen LogP contribution in [-0.2, 0) is 11.3 Å². The molecule has 0 amide bonds. The summed E-state index contributed by atoms with van der Waals surface area (Å²) in [5.41, 5.74) is 0.994. The van der Waals surface area contributed by atoms with Crippen LogP contribution in [-0.4, -0.2) is 33.7 Å². The third kappa shape index (κ3) is 2.56. The van der Waals surface area contributed by atoms with Gasteiger partial charge in [0.05, 0.1) is 12.6 Å². The number of nitrogens with zero attached hydrogens (tertiary/aromatic N) is 2. The summed E-state index contributed by atoms with van der Waals surface area (Å²) >= 11 is 0. The molecular formula is C16H18N2O4. The van der Waals surface area contributed by atoms with Crippen LogP contribution in [0, 0.1) is 5.92 Å². The Labute approximate surface area is 127 Å². The van der Waals surface area contributed by atoms with E-state index in [1.807, 2.05) is 0 Å². The molecule has 1 aliphatic rings. The molecule has 3 rings (SSSR count). The van der Waals surface area contributed by atoms with Crippen molar-refractivity contribution in [3.63, 3.8) is 0 Å². The molecule has 1 aliphatic carbocycles. The van der Waals surface area contributed by atoms with Crippen molar-refractivity contribution < 1.29 is 19.4 Å². The van der Waals surface area contributed by atoms with Crippen LogP contribution in [0.15, 0.2) is 18.2 Å². The van der Waals surface area contributed by atoms with Crippen LogP contribution in [0.3, 0.4) is 0 Å². The number of carboxylic acid groups (broad SMARTS) is 1. The molecule has 1 heterocycles. The van der Waals surface area contributed by atoms with Gasteiger partial charge in [-0.05, 0) is 25.0 Å². The lowest BCUT2D eigenvalue weighted by Crippen LogP contribution is -2.14. The molecular weight excluding hydrogens is 284 g/mol. The minimum atomic E-state index is -0.993. The van der Waals surface area contributed by atoms with Gasteiger partial charge in [-0.15, -0.1) is 0 Å². The maximum Gasteiger partial charge on any atom is 0.325 e. The first kappa shape index (κ1) is 14.6. The van der Waals surface area contributed by atoms with E-state index >= 15 is 0 Å². The Morgan fingerprint density at radius 3 is 2.73 bits per heavy atom. The number of benzene rings is 1. The highest BCUT2D eigenvalue weighted by Gasteiger charge is 2.28. The topological polar surface area (TPSA) is 81.4 Å². The number of aromatic nitrogens is 2. The highest BCUT2D eigenvalue weighted by molar-refractivity contribution is 6.07. The lowest BCUT2D eigenvalue weighted by Gasteiger charge is -2.05. The van der Waals surface area contributed by atoms with E-state index in [2.05, 4.69) is 5.10 Å². The monoisotopic (exact) mass is 302 g/mol. The minimum Gasteiger partial charge on any atom is -0.497 e. The molecule has 0 spiro atoms. The number of hydrogen-bond donors (Lipinski definition) is 1. The zero-order valence-corrected chi connectivity index (χ0v) is 12.4. The second kappa shape index (κ2) is 5.79. The van der Waals surface area contributed by atoms with Crippen molar-refractivity contribution in [2.45, 2.75) is 32.2 Å². The van der Waals surface area contributed by atoms with E-state index in [9.17, 15) is 9.59 Å². The Hall–Kier alpha value is -2.37. The van der Waals surface area contributed by atoms with Crippen LogP contribution in [0.5, 0.6) is 5.75 Å². The minimum absolute atomic E-state index is 0.0125. The summed E-state index contributed by atoms with van der Waals surface area (Å²) in [6.07, 6.45) is 3.92. The molecule has 6 heteroatoms. The van der Waals surface area contributed by atoms with E-state index in [-0.39, 0.29) is 18.2 Å². The van der Waals surface area contributed by atoms with Gasteiger partial charge >= 0.3 is 5.97 Å². The number of carboxylic acids is 1. The summed E-state index contributed by atoms with van der Waals surface area (Å²) in [6.45, 7) is -0.276. The highest BCUT2D eigenvalue weighted by Crippen LogP contribution is 2.31. The summed E-state index contributed by atoms with van der Waals surface area (Å²) in [5.74, 6) is -0.346. The Morgan fingerprint density at radius 1 is 1.36 bits per heavy atom. The maximum atomic E-state index is 12.7. The van der Waals surface area contributed by atoms with Crippen molar-refractivity contribution in [2.75, 3.05) is 7.11 Å². The molecule has 6 nitrogen and oxygen atoms in total. The van der Waals surface area contributed by atoms with Gasteiger partial charge in [0.2, 0.25) is 0 Å². The fraction of sp³-hybridized carbons (Fsp3) is 0.438.